The van der Waals surface area contributed by atoms with E-state index in [0.29, 0.717) is 30.0 Å². The second kappa shape index (κ2) is 9.07. The summed E-state index contributed by atoms with van der Waals surface area (Å²) in [5, 5.41) is 11.3. The topological polar surface area (TPSA) is 100 Å². The molecular formula is C27H22N4O3. The number of nitrogens with zero attached hydrogens (tertiary/aromatic N) is 2. The molecule has 1 amide bonds. The van der Waals surface area contributed by atoms with Crippen molar-refractivity contribution in [3.05, 3.63) is 124 Å². The molecule has 7 nitrogen and oxygen atoms in total. The number of aromatic nitrogens is 3. The molecule has 0 saturated heterocycles. The van der Waals surface area contributed by atoms with E-state index in [1.54, 1.807) is 29.0 Å². The van der Waals surface area contributed by atoms with Crippen molar-refractivity contribution in [2.45, 2.75) is 12.8 Å². The Morgan fingerprint density at radius 3 is 2.35 bits per heavy atom. The molecule has 168 valence electrons. The van der Waals surface area contributed by atoms with Crippen LogP contribution in [-0.2, 0) is 12.8 Å². The number of nitrogens with one attached hydrogen (secondary N) is 2. The lowest BCUT2D eigenvalue weighted by molar-refractivity contribution is 0.210. The Morgan fingerprint density at radius 2 is 1.62 bits per heavy atom. The molecule has 0 radical (unpaired) electrons. The number of amides is 1. The summed E-state index contributed by atoms with van der Waals surface area (Å²) in [7, 11) is 0. The lowest BCUT2D eigenvalue weighted by Gasteiger charge is -2.13. The largest absolute Gasteiger partial charge is 0.465 e. The zero-order valence-electron chi connectivity index (χ0n) is 18.2. The highest BCUT2D eigenvalue weighted by Crippen LogP contribution is 2.24. The molecule has 0 aromatic heterocycles. The first-order valence-electron chi connectivity index (χ1n) is 10.9. The smallest absolute Gasteiger partial charge is 0.409 e. The van der Waals surface area contributed by atoms with Crippen molar-refractivity contribution < 1.29 is 9.90 Å². The molecule has 2 aliphatic rings. The minimum Gasteiger partial charge on any atom is -0.465 e. The molecular weight excluding hydrogens is 428 g/mol. The fourth-order valence-corrected chi connectivity index (χ4v) is 4.06. The summed E-state index contributed by atoms with van der Waals surface area (Å²) in [5.41, 5.74) is 5.21. The quantitative estimate of drug-likeness (QED) is 0.341. The monoisotopic (exact) mass is 450 g/mol. The number of fused-ring (bicyclic) bond motifs is 1. The van der Waals surface area contributed by atoms with E-state index in [1.165, 1.54) is 0 Å². The van der Waals surface area contributed by atoms with Crippen LogP contribution in [0.1, 0.15) is 22.5 Å². The molecule has 3 aromatic carbocycles. The first kappa shape index (κ1) is 21.2. The molecule has 2 heterocycles. The van der Waals surface area contributed by atoms with Gasteiger partial charge in [-0.1, -0.05) is 72.8 Å². The summed E-state index contributed by atoms with van der Waals surface area (Å²) >= 11 is 0. The van der Waals surface area contributed by atoms with E-state index in [-0.39, 0.29) is 5.56 Å². The molecule has 0 saturated carbocycles. The Labute approximate surface area is 195 Å². The number of benzene rings is 3. The summed E-state index contributed by atoms with van der Waals surface area (Å²) in [5.74, 6) is 0.586. The number of imidazole rings is 1. The standard InChI is InChI=1S/C27H22N4O3/c32-26-23(16-19-10-7-13-21(14-19)28-27(33)34)30-25-22(15-18-8-3-1-4-9-18)29-24(17-31(25)26)20-11-5-2-6-12-20/h1-14,17,28-29H,15-16H2,(H,33,34). The van der Waals surface area contributed by atoms with Gasteiger partial charge < -0.3 is 10.1 Å². The maximum absolute atomic E-state index is 13.4. The molecule has 0 fully saturated rings. The maximum Gasteiger partial charge on any atom is 0.409 e. The number of hydrogen-bond acceptors (Lipinski definition) is 3. The van der Waals surface area contributed by atoms with Crippen molar-refractivity contribution in [1.82, 2.24) is 14.5 Å². The fourth-order valence-electron chi connectivity index (χ4n) is 4.06. The van der Waals surface area contributed by atoms with E-state index in [4.69, 9.17) is 10.1 Å². The van der Waals surface area contributed by atoms with Gasteiger partial charge in [0.1, 0.15) is 5.69 Å². The average molecular weight is 450 g/mol. The van der Waals surface area contributed by atoms with E-state index >= 15 is 0 Å². The number of anilines is 1. The third kappa shape index (κ3) is 4.45. The van der Waals surface area contributed by atoms with Crippen LogP contribution in [0.4, 0.5) is 10.5 Å². The van der Waals surface area contributed by atoms with Crippen LogP contribution in [0.25, 0.3) is 17.1 Å². The van der Waals surface area contributed by atoms with Crippen LogP contribution in [0, 0.1) is 0 Å². The SMILES string of the molecule is O=C(O)Nc1cccc(Cc2nc3c(Cc4ccccc4)[nH]c(-c4ccccc4)cn-3c2=O)c1. The Morgan fingerprint density at radius 1 is 0.912 bits per heavy atom. The van der Waals surface area contributed by atoms with Gasteiger partial charge in [-0.2, -0.15) is 0 Å². The average Bonchev–Trinajstić information content (AvgIpc) is 3.15. The molecule has 0 spiro atoms. The van der Waals surface area contributed by atoms with E-state index in [0.717, 1.165) is 28.1 Å². The van der Waals surface area contributed by atoms with Gasteiger partial charge in [0.15, 0.2) is 5.82 Å². The van der Waals surface area contributed by atoms with Gasteiger partial charge in [-0.05, 0) is 28.8 Å². The summed E-state index contributed by atoms with van der Waals surface area (Å²) < 4.78 is 1.60. The normalized spacial score (nSPS) is 10.9. The van der Waals surface area contributed by atoms with Crippen LogP contribution in [0.5, 0.6) is 0 Å². The lowest BCUT2D eigenvalue weighted by atomic mass is 10.1. The molecule has 0 bridgehead atoms. The van der Waals surface area contributed by atoms with Gasteiger partial charge in [0.05, 0.1) is 11.4 Å². The number of carboxylic acid groups (broad SMARTS) is 1. The zero-order valence-corrected chi connectivity index (χ0v) is 18.2. The molecule has 0 atom stereocenters. The van der Waals surface area contributed by atoms with Gasteiger partial charge in [0.2, 0.25) is 0 Å². The van der Waals surface area contributed by atoms with Gasteiger partial charge in [-0.3, -0.25) is 14.7 Å². The third-order valence-corrected chi connectivity index (χ3v) is 5.61. The molecule has 0 aliphatic carbocycles. The number of rotatable bonds is 6. The Hall–Kier alpha value is -4.65. The van der Waals surface area contributed by atoms with Gasteiger partial charge in [-0.15, -0.1) is 0 Å². The Balaban J connectivity index is 1.59. The Bertz CT molecular complexity index is 1470. The number of aromatic amines is 1. The van der Waals surface area contributed by atoms with E-state index in [9.17, 15) is 9.59 Å². The summed E-state index contributed by atoms with van der Waals surface area (Å²) in [6.45, 7) is 0. The highest BCUT2D eigenvalue weighted by molar-refractivity contribution is 5.82. The summed E-state index contributed by atoms with van der Waals surface area (Å²) in [6, 6.07) is 26.9. The van der Waals surface area contributed by atoms with Crippen molar-refractivity contribution in [2.75, 3.05) is 5.32 Å². The third-order valence-electron chi connectivity index (χ3n) is 5.61. The zero-order chi connectivity index (χ0) is 23.5. The fraction of sp³-hybridized carbons (Fsp3) is 0.0741. The van der Waals surface area contributed by atoms with Crippen LogP contribution in [0.15, 0.2) is 95.9 Å². The molecule has 5 rings (SSSR count). The van der Waals surface area contributed by atoms with Crippen molar-refractivity contribution in [1.29, 1.82) is 0 Å². The second-order valence-electron chi connectivity index (χ2n) is 8.04. The molecule has 0 unspecified atom stereocenters. The van der Waals surface area contributed by atoms with Crippen LogP contribution in [0.2, 0.25) is 0 Å². The van der Waals surface area contributed by atoms with Crippen LogP contribution in [-0.4, -0.2) is 25.7 Å². The number of H-pyrrole nitrogens is 1. The first-order chi connectivity index (χ1) is 16.6. The molecule has 3 N–H and O–H groups in total. The first-order valence-corrected chi connectivity index (χ1v) is 10.9. The van der Waals surface area contributed by atoms with E-state index in [1.807, 2.05) is 66.7 Å². The van der Waals surface area contributed by atoms with Crippen molar-refractivity contribution in [3.63, 3.8) is 0 Å². The minimum atomic E-state index is -1.14. The highest BCUT2D eigenvalue weighted by Gasteiger charge is 2.20. The summed E-state index contributed by atoms with van der Waals surface area (Å²) in [4.78, 5) is 32.5. The van der Waals surface area contributed by atoms with Crippen molar-refractivity contribution in [2.24, 2.45) is 0 Å². The molecule has 7 heteroatoms. The van der Waals surface area contributed by atoms with Crippen LogP contribution in [0.3, 0.4) is 0 Å². The predicted molar refractivity (Wildman–Crippen MR) is 131 cm³/mol. The van der Waals surface area contributed by atoms with E-state index in [2.05, 4.69) is 10.3 Å². The molecule has 2 aliphatic heterocycles. The molecule has 3 aromatic rings. The highest BCUT2D eigenvalue weighted by atomic mass is 16.4. The number of carbonyl (C=O) groups is 1. The predicted octanol–water partition coefficient (Wildman–Crippen LogP) is 4.94. The van der Waals surface area contributed by atoms with Crippen LogP contribution >= 0.6 is 0 Å². The maximum atomic E-state index is 13.4. The number of hydrogen-bond donors (Lipinski definition) is 3. The van der Waals surface area contributed by atoms with Crippen molar-refractivity contribution in [3.8, 4) is 17.1 Å². The van der Waals surface area contributed by atoms with Gasteiger partial charge >= 0.3 is 6.09 Å². The van der Waals surface area contributed by atoms with E-state index < -0.39 is 6.09 Å². The Kier molecular flexibility index (Phi) is 5.66. The molecule has 34 heavy (non-hydrogen) atoms. The van der Waals surface area contributed by atoms with Crippen LogP contribution < -0.4 is 10.9 Å². The van der Waals surface area contributed by atoms with Gasteiger partial charge in [0.25, 0.3) is 5.56 Å². The van der Waals surface area contributed by atoms with Crippen molar-refractivity contribution >= 4 is 11.8 Å². The van der Waals surface area contributed by atoms with Gasteiger partial charge in [-0.25, -0.2) is 9.78 Å². The summed E-state index contributed by atoms with van der Waals surface area (Å²) in [6.07, 6.45) is 1.55. The second-order valence-corrected chi connectivity index (χ2v) is 8.04. The lowest BCUT2D eigenvalue weighted by Crippen LogP contribution is -2.18. The minimum absolute atomic E-state index is 0.188. The van der Waals surface area contributed by atoms with Gasteiger partial charge in [0, 0.05) is 24.7 Å².